The number of nitrogens with one attached hydrogen (secondary N) is 3. The first-order chi connectivity index (χ1) is 14.1. The third-order valence-corrected chi connectivity index (χ3v) is 4.76. The van der Waals surface area contributed by atoms with Crippen LogP contribution in [0.5, 0.6) is 11.5 Å². The lowest BCUT2D eigenvalue weighted by atomic mass is 10.2. The second kappa shape index (κ2) is 9.61. The van der Waals surface area contributed by atoms with E-state index in [-0.39, 0.29) is 18.1 Å². The molecule has 0 unspecified atom stereocenters. The fourth-order valence-electron chi connectivity index (χ4n) is 3.08. The molecule has 0 aliphatic rings. The Labute approximate surface area is 184 Å². The average Bonchev–Trinajstić information content (AvgIpc) is 3.10. The van der Waals surface area contributed by atoms with Crippen LogP contribution in [-0.4, -0.2) is 17.1 Å². The van der Waals surface area contributed by atoms with E-state index < -0.39 is 0 Å². The van der Waals surface area contributed by atoms with Crippen LogP contribution in [0.4, 0.5) is 5.69 Å². The van der Waals surface area contributed by atoms with Gasteiger partial charge in [0.2, 0.25) is 0 Å². The van der Waals surface area contributed by atoms with Crippen molar-refractivity contribution in [2.45, 2.75) is 13.2 Å². The fourth-order valence-corrected chi connectivity index (χ4v) is 3.29. The number of fused-ring (bicyclic) bond motifs is 1. The Balaban J connectivity index is 0.00000256. The largest absolute Gasteiger partial charge is 0.493 e. The van der Waals surface area contributed by atoms with Crippen molar-refractivity contribution in [1.82, 2.24) is 9.97 Å². The SMILES string of the molecule is COc1cc(CNc2ccc3[nH]c(=O)[nH]c3c2)ccc1OCc1cccc(Cl)c1.Cl. The Morgan fingerprint density at radius 3 is 2.57 bits per heavy atom. The van der Waals surface area contributed by atoms with Gasteiger partial charge in [0.15, 0.2) is 11.5 Å². The van der Waals surface area contributed by atoms with E-state index in [1.165, 1.54) is 0 Å². The highest BCUT2D eigenvalue weighted by atomic mass is 35.5. The summed E-state index contributed by atoms with van der Waals surface area (Å²) in [7, 11) is 1.62. The van der Waals surface area contributed by atoms with E-state index in [1.54, 1.807) is 7.11 Å². The Morgan fingerprint density at radius 2 is 1.77 bits per heavy atom. The van der Waals surface area contributed by atoms with Crippen LogP contribution in [0.25, 0.3) is 11.0 Å². The first-order valence-electron chi connectivity index (χ1n) is 9.11. The van der Waals surface area contributed by atoms with Crippen LogP contribution < -0.4 is 20.5 Å². The van der Waals surface area contributed by atoms with Gasteiger partial charge in [0.25, 0.3) is 0 Å². The Hall–Kier alpha value is -3.09. The molecule has 30 heavy (non-hydrogen) atoms. The van der Waals surface area contributed by atoms with Gasteiger partial charge in [0.1, 0.15) is 6.61 Å². The first kappa shape index (κ1) is 21.6. The summed E-state index contributed by atoms with van der Waals surface area (Å²) in [5.41, 5.74) is 4.28. The summed E-state index contributed by atoms with van der Waals surface area (Å²) in [6.07, 6.45) is 0. The maximum Gasteiger partial charge on any atom is 0.323 e. The lowest BCUT2D eigenvalue weighted by Crippen LogP contribution is -2.02. The van der Waals surface area contributed by atoms with E-state index in [4.69, 9.17) is 21.1 Å². The predicted molar refractivity (Wildman–Crippen MR) is 122 cm³/mol. The van der Waals surface area contributed by atoms with Gasteiger partial charge in [0.05, 0.1) is 18.1 Å². The van der Waals surface area contributed by atoms with Crippen molar-refractivity contribution in [3.8, 4) is 11.5 Å². The summed E-state index contributed by atoms with van der Waals surface area (Å²) in [6.45, 7) is 1.01. The summed E-state index contributed by atoms with van der Waals surface area (Å²) in [6, 6.07) is 19.1. The minimum atomic E-state index is -0.213. The van der Waals surface area contributed by atoms with E-state index in [1.807, 2.05) is 60.7 Å². The molecule has 0 atom stereocenters. The predicted octanol–water partition coefficient (Wildman–Crippen LogP) is 5.13. The average molecular weight is 446 g/mol. The highest BCUT2D eigenvalue weighted by Crippen LogP contribution is 2.29. The van der Waals surface area contributed by atoms with E-state index in [0.29, 0.717) is 29.7 Å². The molecule has 156 valence electrons. The van der Waals surface area contributed by atoms with Crippen molar-refractivity contribution in [1.29, 1.82) is 0 Å². The molecule has 8 heteroatoms. The Morgan fingerprint density at radius 1 is 0.933 bits per heavy atom. The second-order valence-corrected chi connectivity index (χ2v) is 7.03. The number of hydrogen-bond donors (Lipinski definition) is 3. The molecular weight excluding hydrogens is 425 g/mol. The first-order valence-corrected chi connectivity index (χ1v) is 9.48. The molecule has 1 aromatic heterocycles. The molecule has 0 radical (unpaired) electrons. The van der Waals surface area contributed by atoms with Crippen LogP contribution in [0, 0.1) is 0 Å². The molecule has 4 rings (SSSR count). The Bertz CT molecular complexity index is 1200. The second-order valence-electron chi connectivity index (χ2n) is 6.60. The van der Waals surface area contributed by atoms with E-state index >= 15 is 0 Å². The van der Waals surface area contributed by atoms with Crippen LogP contribution in [0.1, 0.15) is 11.1 Å². The number of imidazole rings is 1. The quantitative estimate of drug-likeness (QED) is 0.368. The lowest BCUT2D eigenvalue weighted by Gasteiger charge is -2.13. The third-order valence-electron chi connectivity index (χ3n) is 4.52. The normalized spacial score (nSPS) is 10.5. The van der Waals surface area contributed by atoms with E-state index in [2.05, 4.69) is 15.3 Å². The fraction of sp³-hybridized carbons (Fsp3) is 0.136. The van der Waals surface area contributed by atoms with Crippen molar-refractivity contribution >= 4 is 40.7 Å². The summed E-state index contributed by atoms with van der Waals surface area (Å²) >= 11 is 6.02. The maximum atomic E-state index is 11.4. The monoisotopic (exact) mass is 445 g/mol. The summed E-state index contributed by atoms with van der Waals surface area (Å²) in [5, 5.41) is 4.03. The molecule has 3 N–H and O–H groups in total. The molecule has 0 bridgehead atoms. The van der Waals surface area contributed by atoms with Crippen LogP contribution in [0.2, 0.25) is 5.02 Å². The zero-order valence-electron chi connectivity index (χ0n) is 16.2. The lowest BCUT2D eigenvalue weighted by molar-refractivity contribution is 0.284. The molecule has 0 fully saturated rings. The summed E-state index contributed by atoms with van der Waals surface area (Å²) in [4.78, 5) is 16.9. The van der Waals surface area contributed by atoms with Gasteiger partial charge in [-0.3, -0.25) is 0 Å². The molecular formula is C22H21Cl2N3O3. The molecule has 1 heterocycles. The summed E-state index contributed by atoms with van der Waals surface area (Å²) in [5.74, 6) is 1.33. The van der Waals surface area contributed by atoms with Crippen molar-refractivity contribution in [2.75, 3.05) is 12.4 Å². The van der Waals surface area contributed by atoms with Gasteiger partial charge in [-0.25, -0.2) is 4.79 Å². The standard InChI is InChI=1S/C22H20ClN3O3.ClH/c1-28-21-10-14(5-8-20(21)29-13-15-3-2-4-16(23)9-15)12-24-17-6-7-18-19(11-17)26-22(27)25-18;/h2-11,24H,12-13H2,1H3,(H2,25,26,27);1H. The molecule has 0 aliphatic heterocycles. The van der Waals surface area contributed by atoms with Crippen molar-refractivity contribution in [3.05, 3.63) is 87.3 Å². The number of benzene rings is 3. The number of aromatic amines is 2. The van der Waals surface area contributed by atoms with E-state index in [9.17, 15) is 4.79 Å². The van der Waals surface area contributed by atoms with E-state index in [0.717, 1.165) is 27.8 Å². The van der Waals surface area contributed by atoms with Crippen molar-refractivity contribution in [3.63, 3.8) is 0 Å². The number of aromatic nitrogens is 2. The number of hydrogen-bond acceptors (Lipinski definition) is 4. The van der Waals surface area contributed by atoms with Crippen molar-refractivity contribution in [2.24, 2.45) is 0 Å². The molecule has 4 aromatic rings. The smallest absolute Gasteiger partial charge is 0.323 e. The highest BCUT2D eigenvalue weighted by molar-refractivity contribution is 6.30. The van der Waals surface area contributed by atoms with Gasteiger partial charge in [-0.05, 0) is 53.6 Å². The van der Waals surface area contributed by atoms with Gasteiger partial charge < -0.3 is 24.8 Å². The van der Waals surface area contributed by atoms with Crippen molar-refractivity contribution < 1.29 is 9.47 Å². The van der Waals surface area contributed by atoms with Gasteiger partial charge in [0, 0.05) is 17.3 Å². The number of methoxy groups -OCH3 is 1. The number of H-pyrrole nitrogens is 2. The van der Waals surface area contributed by atoms with Gasteiger partial charge in [-0.15, -0.1) is 12.4 Å². The molecule has 3 aromatic carbocycles. The zero-order chi connectivity index (χ0) is 20.2. The molecule has 6 nitrogen and oxygen atoms in total. The van der Waals surface area contributed by atoms with Crippen LogP contribution in [0.3, 0.4) is 0 Å². The molecule has 0 saturated heterocycles. The zero-order valence-corrected chi connectivity index (χ0v) is 17.8. The van der Waals surface area contributed by atoms with Gasteiger partial charge >= 0.3 is 5.69 Å². The number of ether oxygens (including phenoxy) is 2. The highest BCUT2D eigenvalue weighted by Gasteiger charge is 2.07. The van der Waals surface area contributed by atoms with Crippen LogP contribution in [0.15, 0.2) is 65.5 Å². The topological polar surface area (TPSA) is 79.1 Å². The number of rotatable bonds is 7. The third kappa shape index (κ3) is 5.09. The molecule has 0 saturated carbocycles. The number of halogens is 2. The summed E-state index contributed by atoms with van der Waals surface area (Å²) < 4.78 is 11.4. The minimum Gasteiger partial charge on any atom is -0.493 e. The minimum absolute atomic E-state index is 0. The maximum absolute atomic E-state index is 11.4. The molecule has 0 aliphatic carbocycles. The molecule has 0 amide bonds. The van der Waals surface area contributed by atoms with Gasteiger partial charge in [-0.1, -0.05) is 29.8 Å². The van der Waals surface area contributed by atoms with Gasteiger partial charge in [-0.2, -0.15) is 0 Å². The molecule has 0 spiro atoms. The van der Waals surface area contributed by atoms with Crippen LogP contribution in [-0.2, 0) is 13.2 Å². The number of anilines is 1. The van der Waals surface area contributed by atoms with Crippen LogP contribution >= 0.6 is 24.0 Å². The Kier molecular flexibility index (Phi) is 6.92.